The molecule has 1 saturated heterocycles. The van der Waals surface area contributed by atoms with Crippen LogP contribution >= 0.6 is 0 Å². The minimum Gasteiger partial charge on any atom is -0.368 e. The van der Waals surface area contributed by atoms with Gasteiger partial charge < -0.3 is 16.4 Å². The fourth-order valence-electron chi connectivity index (χ4n) is 1.99. The van der Waals surface area contributed by atoms with Gasteiger partial charge in [-0.2, -0.15) is 13.2 Å². The van der Waals surface area contributed by atoms with Crippen LogP contribution in [0.4, 0.5) is 13.2 Å². The number of carbonyl (C=O) groups excluding carboxylic acids is 1. The molecule has 4 nitrogen and oxygen atoms in total. The molecule has 1 fully saturated rings. The third kappa shape index (κ3) is 4.51. The summed E-state index contributed by atoms with van der Waals surface area (Å²) in [5.41, 5.74) is 10.4. The summed E-state index contributed by atoms with van der Waals surface area (Å²) >= 11 is 0. The second-order valence-electron chi connectivity index (χ2n) is 4.48. The predicted octanol–water partition coefficient (Wildman–Crippen LogP) is 0.463. The molecule has 4 N–H and O–H groups in total. The minimum atomic E-state index is -4.13. The van der Waals surface area contributed by atoms with E-state index in [4.69, 9.17) is 11.5 Å². The van der Waals surface area contributed by atoms with Crippen LogP contribution in [0, 0.1) is 5.92 Å². The summed E-state index contributed by atoms with van der Waals surface area (Å²) in [6.07, 6.45) is -3.12. The Hall–Kier alpha value is -0.820. The molecule has 17 heavy (non-hydrogen) atoms. The maximum Gasteiger partial charge on any atom is 0.393 e. The molecule has 2 unspecified atom stereocenters. The zero-order valence-electron chi connectivity index (χ0n) is 9.54. The maximum atomic E-state index is 12.5. The Balaban J connectivity index is 2.37. The lowest BCUT2D eigenvalue weighted by atomic mass is 9.97. The Bertz CT molecular complexity index is 270. The smallest absolute Gasteiger partial charge is 0.368 e. The van der Waals surface area contributed by atoms with Crippen LogP contribution in [-0.2, 0) is 4.79 Å². The Labute approximate surface area is 98.1 Å². The van der Waals surface area contributed by atoms with E-state index in [9.17, 15) is 18.0 Å². The summed E-state index contributed by atoms with van der Waals surface area (Å²) in [4.78, 5) is 12.4. The third-order valence-corrected chi connectivity index (χ3v) is 3.09. The number of alkyl halides is 3. The zero-order valence-corrected chi connectivity index (χ0v) is 9.54. The summed E-state index contributed by atoms with van der Waals surface area (Å²) in [6.45, 7) is 1.00. The SMILES string of the molecule is NC(=O)C(N)CCN1CCCC(C(F)(F)F)C1. The first kappa shape index (κ1) is 14.2. The van der Waals surface area contributed by atoms with E-state index in [1.54, 1.807) is 4.90 Å². The summed E-state index contributed by atoms with van der Waals surface area (Å²) in [7, 11) is 0. The van der Waals surface area contributed by atoms with E-state index in [2.05, 4.69) is 0 Å². The molecule has 0 spiro atoms. The van der Waals surface area contributed by atoms with Gasteiger partial charge in [0, 0.05) is 13.1 Å². The maximum absolute atomic E-state index is 12.5. The highest BCUT2D eigenvalue weighted by atomic mass is 19.4. The normalized spacial score (nSPS) is 24.6. The van der Waals surface area contributed by atoms with Gasteiger partial charge in [0.05, 0.1) is 12.0 Å². The predicted molar refractivity (Wildman–Crippen MR) is 57.0 cm³/mol. The number of likely N-dealkylation sites (tertiary alicyclic amines) is 1. The van der Waals surface area contributed by atoms with Crippen LogP contribution in [0.25, 0.3) is 0 Å². The highest BCUT2D eigenvalue weighted by Crippen LogP contribution is 2.33. The first-order valence-electron chi connectivity index (χ1n) is 5.64. The summed E-state index contributed by atoms with van der Waals surface area (Å²) < 4.78 is 37.5. The number of hydrogen-bond acceptors (Lipinski definition) is 3. The first-order valence-corrected chi connectivity index (χ1v) is 5.64. The van der Waals surface area contributed by atoms with Crippen molar-refractivity contribution in [2.45, 2.75) is 31.5 Å². The van der Waals surface area contributed by atoms with Crippen molar-refractivity contribution in [2.75, 3.05) is 19.6 Å². The number of rotatable bonds is 4. The Morgan fingerprint density at radius 1 is 1.47 bits per heavy atom. The molecule has 0 radical (unpaired) electrons. The standard InChI is InChI=1S/C10H18F3N3O/c11-10(12,13)7-2-1-4-16(6-7)5-3-8(14)9(15)17/h7-8H,1-6,14H2,(H2,15,17). The molecular weight excluding hydrogens is 235 g/mol. The molecule has 1 heterocycles. The van der Waals surface area contributed by atoms with Crippen molar-refractivity contribution in [2.24, 2.45) is 17.4 Å². The molecule has 7 heteroatoms. The Kier molecular flexibility index (Phi) is 4.76. The van der Waals surface area contributed by atoms with E-state index in [-0.39, 0.29) is 13.0 Å². The van der Waals surface area contributed by atoms with E-state index < -0.39 is 24.0 Å². The van der Waals surface area contributed by atoms with E-state index in [0.717, 1.165) is 0 Å². The van der Waals surface area contributed by atoms with E-state index in [0.29, 0.717) is 25.9 Å². The van der Waals surface area contributed by atoms with Crippen LogP contribution in [0.3, 0.4) is 0 Å². The molecule has 1 aliphatic heterocycles. The highest BCUT2D eigenvalue weighted by molar-refractivity contribution is 5.79. The van der Waals surface area contributed by atoms with Crippen LogP contribution in [0.5, 0.6) is 0 Å². The van der Waals surface area contributed by atoms with Crippen LogP contribution < -0.4 is 11.5 Å². The second-order valence-corrected chi connectivity index (χ2v) is 4.48. The van der Waals surface area contributed by atoms with Gasteiger partial charge in [0.1, 0.15) is 0 Å². The lowest BCUT2D eigenvalue weighted by molar-refractivity contribution is -0.186. The number of carbonyl (C=O) groups is 1. The molecule has 0 aromatic carbocycles. The van der Waals surface area contributed by atoms with Gasteiger partial charge in [-0.15, -0.1) is 0 Å². The van der Waals surface area contributed by atoms with Crippen LogP contribution in [0.15, 0.2) is 0 Å². The van der Waals surface area contributed by atoms with Crippen LogP contribution in [0.1, 0.15) is 19.3 Å². The fraction of sp³-hybridized carbons (Fsp3) is 0.900. The Morgan fingerprint density at radius 3 is 2.65 bits per heavy atom. The number of hydrogen-bond donors (Lipinski definition) is 2. The van der Waals surface area contributed by atoms with Crippen LogP contribution in [-0.4, -0.2) is 42.7 Å². The molecule has 0 aromatic heterocycles. The lowest BCUT2D eigenvalue weighted by Crippen LogP contribution is -2.45. The van der Waals surface area contributed by atoms with Crippen molar-refractivity contribution in [3.05, 3.63) is 0 Å². The Morgan fingerprint density at radius 2 is 2.12 bits per heavy atom. The van der Waals surface area contributed by atoms with E-state index >= 15 is 0 Å². The van der Waals surface area contributed by atoms with E-state index in [1.165, 1.54) is 0 Å². The molecule has 1 aliphatic rings. The van der Waals surface area contributed by atoms with Crippen molar-refractivity contribution >= 4 is 5.91 Å². The topological polar surface area (TPSA) is 72.3 Å². The average molecular weight is 253 g/mol. The lowest BCUT2D eigenvalue weighted by Gasteiger charge is -2.33. The number of nitrogens with zero attached hydrogens (tertiary/aromatic N) is 1. The van der Waals surface area contributed by atoms with Gasteiger partial charge >= 0.3 is 6.18 Å². The fourth-order valence-corrected chi connectivity index (χ4v) is 1.99. The molecule has 1 amide bonds. The number of piperidine rings is 1. The van der Waals surface area contributed by atoms with Crippen molar-refractivity contribution in [3.8, 4) is 0 Å². The zero-order chi connectivity index (χ0) is 13.1. The number of halogens is 3. The third-order valence-electron chi connectivity index (χ3n) is 3.09. The van der Waals surface area contributed by atoms with Crippen molar-refractivity contribution in [1.82, 2.24) is 4.90 Å². The van der Waals surface area contributed by atoms with Gasteiger partial charge in [-0.05, 0) is 25.8 Å². The van der Waals surface area contributed by atoms with Crippen molar-refractivity contribution in [1.29, 1.82) is 0 Å². The molecule has 0 saturated carbocycles. The molecular formula is C10H18F3N3O. The van der Waals surface area contributed by atoms with Gasteiger partial charge in [0.15, 0.2) is 0 Å². The van der Waals surface area contributed by atoms with Gasteiger partial charge in [-0.1, -0.05) is 0 Å². The quantitative estimate of drug-likeness (QED) is 0.764. The molecule has 2 atom stereocenters. The molecule has 100 valence electrons. The van der Waals surface area contributed by atoms with Gasteiger partial charge in [0.2, 0.25) is 5.91 Å². The number of amides is 1. The number of nitrogens with two attached hydrogens (primary N) is 2. The van der Waals surface area contributed by atoms with Gasteiger partial charge in [-0.3, -0.25) is 4.79 Å². The molecule has 0 bridgehead atoms. The highest BCUT2D eigenvalue weighted by Gasteiger charge is 2.41. The monoisotopic (exact) mass is 253 g/mol. The second kappa shape index (κ2) is 5.68. The van der Waals surface area contributed by atoms with Gasteiger partial charge in [0.25, 0.3) is 0 Å². The van der Waals surface area contributed by atoms with Crippen molar-refractivity contribution in [3.63, 3.8) is 0 Å². The molecule has 0 aliphatic carbocycles. The molecule has 0 aromatic rings. The van der Waals surface area contributed by atoms with Crippen LogP contribution in [0.2, 0.25) is 0 Å². The summed E-state index contributed by atoms with van der Waals surface area (Å²) in [6, 6.07) is -0.777. The number of primary amides is 1. The minimum absolute atomic E-state index is 0.00498. The van der Waals surface area contributed by atoms with E-state index in [1.807, 2.05) is 0 Å². The summed E-state index contributed by atoms with van der Waals surface area (Å²) in [5.74, 6) is -1.88. The largest absolute Gasteiger partial charge is 0.393 e. The summed E-state index contributed by atoms with van der Waals surface area (Å²) in [5, 5.41) is 0. The first-order chi connectivity index (χ1) is 7.80. The molecule has 1 rings (SSSR count). The van der Waals surface area contributed by atoms with Gasteiger partial charge in [-0.25, -0.2) is 0 Å². The average Bonchev–Trinajstić information content (AvgIpc) is 2.25. The van der Waals surface area contributed by atoms with Crippen molar-refractivity contribution < 1.29 is 18.0 Å².